The highest BCUT2D eigenvalue weighted by Gasteiger charge is 2.21. The van der Waals surface area contributed by atoms with Crippen LogP contribution in [0.3, 0.4) is 0 Å². The number of thioether (sulfide) groups is 1. The van der Waals surface area contributed by atoms with Crippen molar-refractivity contribution in [3.63, 3.8) is 0 Å². The molecule has 1 heterocycles. The van der Waals surface area contributed by atoms with Crippen LogP contribution in [0.15, 0.2) is 42.1 Å². The number of imide groups is 1. The number of urea groups is 1. The first-order chi connectivity index (χ1) is 12.0. The van der Waals surface area contributed by atoms with E-state index in [4.69, 9.17) is 11.6 Å². The van der Waals surface area contributed by atoms with Gasteiger partial charge < -0.3 is 5.32 Å². The average Bonchev–Trinajstić information content (AvgIpc) is 2.98. The van der Waals surface area contributed by atoms with Crippen LogP contribution in [-0.2, 0) is 11.3 Å². The van der Waals surface area contributed by atoms with Gasteiger partial charge in [0.15, 0.2) is 11.0 Å². The predicted octanol–water partition coefficient (Wildman–Crippen LogP) is 2.72. The lowest BCUT2D eigenvalue weighted by atomic mass is 10.2. The van der Waals surface area contributed by atoms with Crippen LogP contribution >= 0.6 is 23.4 Å². The van der Waals surface area contributed by atoms with E-state index in [1.54, 1.807) is 25.1 Å². The molecule has 0 bridgehead atoms. The monoisotopic (exact) mass is 379 g/mol. The van der Waals surface area contributed by atoms with E-state index < -0.39 is 17.2 Å². The summed E-state index contributed by atoms with van der Waals surface area (Å²) in [6, 6.07) is 6.70. The summed E-state index contributed by atoms with van der Waals surface area (Å²) in [5.74, 6) is 0.239. The van der Waals surface area contributed by atoms with Gasteiger partial charge in [0, 0.05) is 24.2 Å². The van der Waals surface area contributed by atoms with Crippen molar-refractivity contribution in [2.24, 2.45) is 0 Å². The number of amides is 3. The highest BCUT2D eigenvalue weighted by molar-refractivity contribution is 8.00. The Balaban J connectivity index is 2.23. The van der Waals surface area contributed by atoms with Gasteiger partial charge >= 0.3 is 6.03 Å². The van der Waals surface area contributed by atoms with Gasteiger partial charge in [-0.2, -0.15) is 0 Å². The van der Waals surface area contributed by atoms with Gasteiger partial charge in [0.1, 0.15) is 0 Å². The van der Waals surface area contributed by atoms with E-state index in [0.29, 0.717) is 22.5 Å². The smallest absolute Gasteiger partial charge is 0.321 e. The third-order valence-electron chi connectivity index (χ3n) is 3.25. The van der Waals surface area contributed by atoms with Crippen LogP contribution in [0.1, 0.15) is 6.92 Å². The van der Waals surface area contributed by atoms with Crippen LogP contribution in [0.5, 0.6) is 0 Å². The van der Waals surface area contributed by atoms with Crippen LogP contribution in [-0.4, -0.2) is 39.0 Å². The average molecular weight is 380 g/mol. The SMILES string of the molecule is C=CCn1c(S[C@@H](C)C(=O)NC(=O)NC)nnc1-c1ccc(Cl)cc1. The summed E-state index contributed by atoms with van der Waals surface area (Å²) in [5, 5.41) is 13.6. The minimum absolute atomic E-state index is 0.412. The molecule has 0 aliphatic carbocycles. The predicted molar refractivity (Wildman–Crippen MR) is 98.6 cm³/mol. The molecule has 3 amide bonds. The number of rotatable bonds is 6. The summed E-state index contributed by atoms with van der Waals surface area (Å²) in [6.07, 6.45) is 1.72. The van der Waals surface area contributed by atoms with Gasteiger partial charge in [-0.15, -0.1) is 16.8 Å². The largest absolute Gasteiger partial charge is 0.341 e. The molecule has 0 unspecified atom stereocenters. The molecule has 2 rings (SSSR count). The Hall–Kier alpha value is -2.32. The summed E-state index contributed by atoms with van der Waals surface area (Å²) in [4.78, 5) is 23.3. The fourth-order valence-electron chi connectivity index (χ4n) is 1.97. The molecule has 9 heteroatoms. The first-order valence-electron chi connectivity index (χ1n) is 7.45. The van der Waals surface area contributed by atoms with Gasteiger partial charge in [0.2, 0.25) is 5.91 Å². The minimum Gasteiger partial charge on any atom is -0.341 e. The van der Waals surface area contributed by atoms with Crippen LogP contribution < -0.4 is 10.6 Å². The van der Waals surface area contributed by atoms with Crippen molar-refractivity contribution in [3.05, 3.63) is 41.9 Å². The van der Waals surface area contributed by atoms with Crippen molar-refractivity contribution in [1.29, 1.82) is 0 Å². The molecule has 0 aliphatic heterocycles. The third kappa shape index (κ3) is 4.83. The normalized spacial score (nSPS) is 11.6. The van der Waals surface area contributed by atoms with E-state index in [9.17, 15) is 9.59 Å². The number of carbonyl (C=O) groups is 2. The lowest BCUT2D eigenvalue weighted by molar-refractivity contribution is -0.119. The first-order valence-corrected chi connectivity index (χ1v) is 8.71. The molecular formula is C16H18ClN5O2S. The maximum Gasteiger partial charge on any atom is 0.321 e. The molecule has 25 heavy (non-hydrogen) atoms. The standard InChI is InChI=1S/C16H18ClN5O2S/c1-4-9-22-13(11-5-7-12(17)8-6-11)20-21-16(22)25-10(2)14(23)19-15(24)18-3/h4-8,10H,1,9H2,2-3H3,(H2,18,19,23,24)/t10-/m0/s1. The first kappa shape index (κ1) is 19.0. The van der Waals surface area contributed by atoms with Crippen LogP contribution in [0, 0.1) is 0 Å². The molecule has 0 radical (unpaired) electrons. The maximum atomic E-state index is 12.0. The molecule has 0 aliphatic rings. The van der Waals surface area contributed by atoms with Crippen molar-refractivity contribution >= 4 is 35.3 Å². The third-order valence-corrected chi connectivity index (χ3v) is 4.58. The zero-order chi connectivity index (χ0) is 18.4. The molecule has 1 atom stereocenters. The van der Waals surface area contributed by atoms with E-state index in [0.717, 1.165) is 5.56 Å². The molecule has 132 valence electrons. The van der Waals surface area contributed by atoms with E-state index >= 15 is 0 Å². The van der Waals surface area contributed by atoms with Crippen LogP contribution in [0.4, 0.5) is 4.79 Å². The Labute approximate surface area is 154 Å². The van der Waals surface area contributed by atoms with Gasteiger partial charge in [-0.05, 0) is 31.2 Å². The summed E-state index contributed by atoms with van der Waals surface area (Å²) < 4.78 is 1.85. The van der Waals surface area contributed by atoms with Crippen molar-refractivity contribution in [2.45, 2.75) is 23.9 Å². The molecule has 1 aromatic carbocycles. The fraction of sp³-hybridized carbons (Fsp3) is 0.250. The number of hydrogen-bond acceptors (Lipinski definition) is 5. The Kier molecular flexibility index (Phi) is 6.60. The van der Waals surface area contributed by atoms with Crippen molar-refractivity contribution in [1.82, 2.24) is 25.4 Å². The van der Waals surface area contributed by atoms with Gasteiger partial charge in [-0.3, -0.25) is 14.7 Å². The zero-order valence-electron chi connectivity index (χ0n) is 13.8. The molecule has 1 aromatic heterocycles. The number of aromatic nitrogens is 3. The molecule has 0 saturated carbocycles. The minimum atomic E-state index is -0.549. The lowest BCUT2D eigenvalue weighted by Crippen LogP contribution is -2.41. The van der Waals surface area contributed by atoms with Crippen LogP contribution in [0.25, 0.3) is 11.4 Å². The Morgan fingerprint density at radius 3 is 2.64 bits per heavy atom. The fourth-order valence-corrected chi connectivity index (χ4v) is 2.95. The zero-order valence-corrected chi connectivity index (χ0v) is 15.4. The lowest BCUT2D eigenvalue weighted by Gasteiger charge is -2.12. The van der Waals surface area contributed by atoms with Crippen molar-refractivity contribution < 1.29 is 9.59 Å². The summed E-state index contributed by atoms with van der Waals surface area (Å²) in [5.41, 5.74) is 0.855. The number of nitrogens with one attached hydrogen (secondary N) is 2. The van der Waals surface area contributed by atoms with Gasteiger partial charge in [-0.1, -0.05) is 29.4 Å². The highest BCUT2D eigenvalue weighted by atomic mass is 35.5. The topological polar surface area (TPSA) is 88.9 Å². The van der Waals surface area contributed by atoms with Crippen LogP contribution in [0.2, 0.25) is 5.02 Å². The number of hydrogen-bond donors (Lipinski definition) is 2. The maximum absolute atomic E-state index is 12.0. The summed E-state index contributed by atoms with van der Waals surface area (Å²) >= 11 is 7.14. The number of halogens is 1. The van der Waals surface area contributed by atoms with Gasteiger partial charge in [0.05, 0.1) is 5.25 Å². The van der Waals surface area contributed by atoms with Gasteiger partial charge in [0.25, 0.3) is 0 Å². The second-order valence-corrected chi connectivity index (χ2v) is 6.79. The Morgan fingerprint density at radius 1 is 1.36 bits per heavy atom. The molecule has 7 nitrogen and oxygen atoms in total. The van der Waals surface area contributed by atoms with E-state index in [1.165, 1.54) is 18.8 Å². The molecule has 0 fully saturated rings. The molecule has 0 spiro atoms. The summed E-state index contributed by atoms with van der Waals surface area (Å²) in [7, 11) is 1.44. The quantitative estimate of drug-likeness (QED) is 0.595. The number of nitrogens with zero attached hydrogens (tertiary/aromatic N) is 3. The molecule has 2 N–H and O–H groups in total. The van der Waals surface area contributed by atoms with Crippen molar-refractivity contribution in [2.75, 3.05) is 7.05 Å². The highest BCUT2D eigenvalue weighted by Crippen LogP contribution is 2.27. The number of benzene rings is 1. The van der Waals surface area contributed by atoms with E-state index in [2.05, 4.69) is 27.4 Å². The Morgan fingerprint density at radius 2 is 2.04 bits per heavy atom. The van der Waals surface area contributed by atoms with E-state index in [-0.39, 0.29) is 0 Å². The number of allylic oxidation sites excluding steroid dienone is 1. The molecular weight excluding hydrogens is 362 g/mol. The second kappa shape index (κ2) is 8.68. The number of carbonyl (C=O) groups excluding carboxylic acids is 2. The molecule has 2 aromatic rings. The van der Waals surface area contributed by atoms with Gasteiger partial charge in [-0.25, -0.2) is 4.79 Å². The second-order valence-electron chi connectivity index (χ2n) is 5.04. The van der Waals surface area contributed by atoms with Crippen molar-refractivity contribution in [3.8, 4) is 11.4 Å². The summed E-state index contributed by atoms with van der Waals surface area (Å²) in [6.45, 7) is 5.93. The molecule has 0 saturated heterocycles. The van der Waals surface area contributed by atoms with E-state index in [1.807, 2.05) is 16.7 Å². The Bertz CT molecular complexity index is 775.